The molecule has 11 heavy (non-hydrogen) atoms. The predicted molar refractivity (Wildman–Crippen MR) is 43.3 cm³/mol. The Bertz CT molecular complexity index is 230. The van der Waals surface area contributed by atoms with Gasteiger partial charge < -0.3 is 9.67 Å². The van der Waals surface area contributed by atoms with Crippen molar-refractivity contribution >= 4 is 0 Å². The fourth-order valence-corrected chi connectivity index (χ4v) is 1.03. The van der Waals surface area contributed by atoms with Crippen molar-refractivity contribution in [2.24, 2.45) is 7.05 Å². The molecule has 2 atom stereocenters. The van der Waals surface area contributed by atoms with E-state index in [1.165, 1.54) is 0 Å². The standard InChI is InChI=1S/C8H14N2O/c1-6(7(2)11)8-9-4-5-10(8)3/h4-7,11H,1-3H3. The van der Waals surface area contributed by atoms with E-state index in [-0.39, 0.29) is 12.0 Å². The summed E-state index contributed by atoms with van der Waals surface area (Å²) in [7, 11) is 1.93. The molecule has 2 unspecified atom stereocenters. The van der Waals surface area contributed by atoms with E-state index in [9.17, 15) is 5.11 Å². The van der Waals surface area contributed by atoms with Crippen LogP contribution in [0.1, 0.15) is 25.6 Å². The summed E-state index contributed by atoms with van der Waals surface area (Å²) >= 11 is 0. The molecule has 3 heteroatoms. The second kappa shape index (κ2) is 3.05. The monoisotopic (exact) mass is 154 g/mol. The fourth-order valence-electron chi connectivity index (χ4n) is 1.03. The summed E-state index contributed by atoms with van der Waals surface area (Å²) < 4.78 is 1.93. The van der Waals surface area contributed by atoms with Crippen LogP contribution in [0, 0.1) is 0 Å². The average molecular weight is 154 g/mol. The maximum atomic E-state index is 9.26. The van der Waals surface area contributed by atoms with Crippen LogP contribution in [-0.2, 0) is 7.05 Å². The van der Waals surface area contributed by atoms with E-state index in [1.807, 2.05) is 24.7 Å². The van der Waals surface area contributed by atoms with E-state index in [0.29, 0.717) is 0 Å². The molecule has 3 nitrogen and oxygen atoms in total. The van der Waals surface area contributed by atoms with Crippen LogP contribution in [0.25, 0.3) is 0 Å². The Morgan fingerprint density at radius 1 is 1.55 bits per heavy atom. The van der Waals surface area contributed by atoms with E-state index in [1.54, 1.807) is 13.1 Å². The molecule has 0 spiro atoms. The number of aliphatic hydroxyl groups is 1. The third-order valence-corrected chi connectivity index (χ3v) is 1.99. The normalized spacial score (nSPS) is 16.4. The smallest absolute Gasteiger partial charge is 0.113 e. The Kier molecular flexibility index (Phi) is 2.29. The molecule has 1 heterocycles. The summed E-state index contributed by atoms with van der Waals surface area (Å²) in [5, 5.41) is 9.26. The Morgan fingerprint density at radius 2 is 2.18 bits per heavy atom. The predicted octanol–water partition coefficient (Wildman–Crippen LogP) is 0.904. The first-order valence-corrected chi connectivity index (χ1v) is 3.78. The molecule has 0 aliphatic carbocycles. The molecular formula is C8H14N2O. The molecule has 0 fully saturated rings. The molecule has 0 saturated carbocycles. The van der Waals surface area contributed by atoms with Gasteiger partial charge in [0.1, 0.15) is 5.82 Å². The third kappa shape index (κ3) is 1.60. The zero-order chi connectivity index (χ0) is 8.43. The van der Waals surface area contributed by atoms with Gasteiger partial charge in [-0.25, -0.2) is 4.98 Å². The van der Waals surface area contributed by atoms with Crippen molar-refractivity contribution in [1.29, 1.82) is 0 Å². The zero-order valence-corrected chi connectivity index (χ0v) is 7.15. The van der Waals surface area contributed by atoms with Crippen molar-refractivity contribution in [1.82, 2.24) is 9.55 Å². The Morgan fingerprint density at radius 3 is 2.55 bits per heavy atom. The zero-order valence-electron chi connectivity index (χ0n) is 7.15. The first-order valence-electron chi connectivity index (χ1n) is 3.78. The summed E-state index contributed by atoms with van der Waals surface area (Å²) in [4.78, 5) is 4.14. The number of hydrogen-bond acceptors (Lipinski definition) is 2. The minimum atomic E-state index is -0.337. The number of aromatic nitrogens is 2. The lowest BCUT2D eigenvalue weighted by molar-refractivity contribution is 0.164. The van der Waals surface area contributed by atoms with Gasteiger partial charge in [-0.15, -0.1) is 0 Å². The Balaban J connectivity index is 2.84. The van der Waals surface area contributed by atoms with E-state index < -0.39 is 0 Å². The molecule has 0 aliphatic heterocycles. The lowest BCUT2D eigenvalue weighted by Gasteiger charge is -2.13. The first kappa shape index (κ1) is 8.27. The van der Waals surface area contributed by atoms with Gasteiger partial charge in [0.25, 0.3) is 0 Å². The van der Waals surface area contributed by atoms with Crippen LogP contribution < -0.4 is 0 Å². The van der Waals surface area contributed by atoms with Gasteiger partial charge in [0, 0.05) is 25.4 Å². The fraction of sp³-hybridized carbons (Fsp3) is 0.625. The average Bonchev–Trinajstić information content (AvgIpc) is 2.33. The van der Waals surface area contributed by atoms with E-state index >= 15 is 0 Å². The third-order valence-electron chi connectivity index (χ3n) is 1.99. The van der Waals surface area contributed by atoms with Gasteiger partial charge >= 0.3 is 0 Å². The van der Waals surface area contributed by atoms with E-state index in [2.05, 4.69) is 4.98 Å². The number of nitrogens with zero attached hydrogens (tertiary/aromatic N) is 2. The van der Waals surface area contributed by atoms with Crippen molar-refractivity contribution in [3.8, 4) is 0 Å². The quantitative estimate of drug-likeness (QED) is 0.687. The molecule has 1 aromatic heterocycles. The van der Waals surface area contributed by atoms with Gasteiger partial charge in [-0.3, -0.25) is 0 Å². The molecular weight excluding hydrogens is 140 g/mol. The van der Waals surface area contributed by atoms with E-state index in [0.717, 1.165) is 5.82 Å². The van der Waals surface area contributed by atoms with Crippen molar-refractivity contribution in [3.05, 3.63) is 18.2 Å². The highest BCUT2D eigenvalue weighted by Crippen LogP contribution is 2.15. The van der Waals surface area contributed by atoms with Gasteiger partial charge in [0.2, 0.25) is 0 Å². The number of imidazole rings is 1. The maximum Gasteiger partial charge on any atom is 0.113 e. The molecule has 0 amide bonds. The first-order chi connectivity index (χ1) is 5.13. The van der Waals surface area contributed by atoms with Crippen LogP contribution in [0.4, 0.5) is 0 Å². The van der Waals surface area contributed by atoms with Crippen molar-refractivity contribution in [3.63, 3.8) is 0 Å². The van der Waals surface area contributed by atoms with Crippen molar-refractivity contribution in [2.45, 2.75) is 25.9 Å². The largest absolute Gasteiger partial charge is 0.393 e. The highest BCUT2D eigenvalue weighted by atomic mass is 16.3. The van der Waals surface area contributed by atoms with Crippen LogP contribution in [0.15, 0.2) is 12.4 Å². The van der Waals surface area contributed by atoms with Crippen LogP contribution in [0.3, 0.4) is 0 Å². The van der Waals surface area contributed by atoms with Crippen LogP contribution in [0.2, 0.25) is 0 Å². The van der Waals surface area contributed by atoms with Gasteiger partial charge in [0.15, 0.2) is 0 Å². The molecule has 62 valence electrons. The summed E-state index contributed by atoms with van der Waals surface area (Å²) in [5.74, 6) is 1.04. The second-order valence-electron chi connectivity index (χ2n) is 2.93. The number of aryl methyl sites for hydroxylation is 1. The Labute approximate surface area is 66.7 Å². The molecule has 0 bridgehead atoms. The molecule has 0 saturated heterocycles. The van der Waals surface area contributed by atoms with Gasteiger partial charge in [-0.05, 0) is 6.92 Å². The second-order valence-corrected chi connectivity index (χ2v) is 2.93. The highest BCUT2D eigenvalue weighted by Gasteiger charge is 2.14. The van der Waals surface area contributed by atoms with Crippen LogP contribution in [0.5, 0.6) is 0 Å². The molecule has 0 aliphatic rings. The number of rotatable bonds is 2. The topological polar surface area (TPSA) is 38.1 Å². The number of hydrogen-bond donors (Lipinski definition) is 1. The lowest BCUT2D eigenvalue weighted by Crippen LogP contribution is -2.15. The maximum absolute atomic E-state index is 9.26. The van der Waals surface area contributed by atoms with Gasteiger partial charge in [-0.2, -0.15) is 0 Å². The van der Waals surface area contributed by atoms with Gasteiger partial charge in [0.05, 0.1) is 6.10 Å². The minimum absolute atomic E-state index is 0.106. The lowest BCUT2D eigenvalue weighted by atomic mass is 10.1. The molecule has 1 N–H and O–H groups in total. The van der Waals surface area contributed by atoms with Crippen molar-refractivity contribution in [2.75, 3.05) is 0 Å². The Hall–Kier alpha value is -0.830. The SMILES string of the molecule is CC(O)C(C)c1nccn1C. The van der Waals surface area contributed by atoms with Crippen molar-refractivity contribution < 1.29 is 5.11 Å². The molecule has 0 radical (unpaired) electrons. The minimum Gasteiger partial charge on any atom is -0.393 e. The molecule has 0 aromatic carbocycles. The summed E-state index contributed by atoms with van der Waals surface area (Å²) in [6.45, 7) is 3.74. The molecule has 1 aromatic rings. The summed E-state index contributed by atoms with van der Waals surface area (Å²) in [6, 6.07) is 0. The van der Waals surface area contributed by atoms with Gasteiger partial charge in [-0.1, -0.05) is 6.92 Å². The highest BCUT2D eigenvalue weighted by molar-refractivity contribution is 4.99. The van der Waals surface area contributed by atoms with Crippen LogP contribution in [-0.4, -0.2) is 20.8 Å². The molecule has 1 rings (SSSR count). The number of aliphatic hydroxyl groups excluding tert-OH is 1. The summed E-state index contributed by atoms with van der Waals surface area (Å²) in [6.07, 6.45) is 3.29. The van der Waals surface area contributed by atoms with E-state index in [4.69, 9.17) is 0 Å². The van der Waals surface area contributed by atoms with Crippen LogP contribution >= 0.6 is 0 Å². The summed E-state index contributed by atoms with van der Waals surface area (Å²) in [5.41, 5.74) is 0.